The Bertz CT molecular complexity index is 490. The van der Waals surface area contributed by atoms with E-state index >= 15 is 0 Å². The molecule has 1 fully saturated rings. The van der Waals surface area contributed by atoms with E-state index in [4.69, 9.17) is 24.1 Å². The highest BCUT2D eigenvalue weighted by Gasteiger charge is 2.58. The maximum atomic E-state index is 12.6. The van der Waals surface area contributed by atoms with Crippen LogP contribution in [-0.2, 0) is 28.5 Å². The third kappa shape index (κ3) is 10.1. The molecule has 0 aromatic heterocycles. The van der Waals surface area contributed by atoms with Gasteiger partial charge in [0.05, 0.1) is 26.4 Å². The third-order valence-electron chi connectivity index (χ3n) is 5.72. The number of ether oxygens (including phenoxy) is 4. The van der Waals surface area contributed by atoms with Gasteiger partial charge in [-0.1, -0.05) is 65.2 Å². The first-order valence-electron chi connectivity index (χ1n) is 12.4. The van der Waals surface area contributed by atoms with Crippen LogP contribution in [0.15, 0.2) is 0 Å². The average Bonchev–Trinajstić information content (AvgIpc) is 2.83. The molecule has 1 aliphatic heterocycles. The van der Waals surface area contributed by atoms with E-state index in [0.717, 1.165) is 38.5 Å². The summed E-state index contributed by atoms with van der Waals surface area (Å²) in [4.78, 5) is 25.2. The lowest BCUT2D eigenvalue weighted by molar-refractivity contribution is -0.413. The first-order valence-corrected chi connectivity index (χ1v) is 12.4. The number of unbranched alkanes of at least 4 members (excludes halogenated alkanes) is 6. The van der Waals surface area contributed by atoms with Gasteiger partial charge in [0.2, 0.25) is 0 Å². The van der Waals surface area contributed by atoms with Gasteiger partial charge in [-0.25, -0.2) is 0 Å². The van der Waals surface area contributed by atoms with Crippen LogP contribution in [0.3, 0.4) is 0 Å². The highest BCUT2D eigenvalue weighted by Crippen LogP contribution is 2.40. The minimum atomic E-state index is -2.20. The van der Waals surface area contributed by atoms with Crippen molar-refractivity contribution in [3.05, 3.63) is 0 Å². The maximum absolute atomic E-state index is 12.6. The van der Waals surface area contributed by atoms with Crippen molar-refractivity contribution >= 4 is 11.9 Å². The van der Waals surface area contributed by atoms with Gasteiger partial charge in [0.15, 0.2) is 5.60 Å². The molecule has 0 spiro atoms. The van der Waals surface area contributed by atoms with Crippen LogP contribution in [0, 0.1) is 0 Å². The Labute approximate surface area is 192 Å². The average molecular weight is 461 g/mol. The molecule has 0 aromatic rings. The van der Waals surface area contributed by atoms with Gasteiger partial charge < -0.3 is 29.2 Å². The topological polar surface area (TPSA) is 112 Å². The van der Waals surface area contributed by atoms with Gasteiger partial charge in [-0.2, -0.15) is 0 Å². The number of aliphatic hydroxyl groups excluding tert-OH is 1. The summed E-state index contributed by atoms with van der Waals surface area (Å²) in [5.41, 5.74) is -1.67. The van der Waals surface area contributed by atoms with Crippen molar-refractivity contribution in [2.24, 2.45) is 0 Å². The van der Waals surface area contributed by atoms with Crippen LogP contribution in [0.1, 0.15) is 104 Å². The zero-order chi connectivity index (χ0) is 23.7. The quantitative estimate of drug-likeness (QED) is 0.247. The lowest BCUT2D eigenvalue weighted by atomic mass is 9.87. The molecule has 0 aromatic carbocycles. The van der Waals surface area contributed by atoms with E-state index in [9.17, 15) is 14.7 Å². The summed E-state index contributed by atoms with van der Waals surface area (Å²) in [6.45, 7) is 4.25. The SMILES string of the molecule is CCCCCCC(O)(CCCCCC)C1(OCCOCCO)OC(=O)CCCCC(=O)O1. The van der Waals surface area contributed by atoms with Crippen molar-refractivity contribution in [2.75, 3.05) is 26.4 Å². The highest BCUT2D eigenvalue weighted by atomic mass is 16.9. The van der Waals surface area contributed by atoms with Crippen molar-refractivity contribution in [3.8, 4) is 0 Å². The molecule has 1 aliphatic rings. The number of carbonyl (C=O) groups is 2. The Morgan fingerprint density at radius 2 is 1.38 bits per heavy atom. The molecule has 0 unspecified atom stereocenters. The molecule has 8 nitrogen and oxygen atoms in total. The Balaban J connectivity index is 3.17. The number of carbonyl (C=O) groups excluding carboxylic acids is 2. The third-order valence-corrected chi connectivity index (χ3v) is 5.72. The van der Waals surface area contributed by atoms with E-state index in [1.807, 2.05) is 0 Å². The standard InChI is InChI=1S/C24H44O8/c1-3-5-7-11-15-23(28,16-12-8-6-4-2)24(30-20-19-29-18-17-25)31-21(26)13-9-10-14-22(27)32-24/h25,28H,3-20H2,1-2H3. The van der Waals surface area contributed by atoms with Crippen LogP contribution >= 0.6 is 0 Å². The van der Waals surface area contributed by atoms with E-state index in [-0.39, 0.29) is 52.1 Å². The molecule has 0 saturated carbocycles. The largest absolute Gasteiger partial charge is 0.406 e. The second-order valence-electron chi connectivity index (χ2n) is 8.55. The molecule has 1 saturated heterocycles. The van der Waals surface area contributed by atoms with Gasteiger partial charge in [-0.15, -0.1) is 0 Å². The lowest BCUT2D eigenvalue weighted by Gasteiger charge is -2.44. The number of esters is 2. The van der Waals surface area contributed by atoms with Gasteiger partial charge in [-0.05, 0) is 25.7 Å². The summed E-state index contributed by atoms with van der Waals surface area (Å²) in [6.07, 6.45) is 9.19. The molecule has 1 rings (SSSR count). The van der Waals surface area contributed by atoms with Crippen molar-refractivity contribution in [2.45, 2.75) is 115 Å². The molecule has 0 atom stereocenters. The zero-order valence-electron chi connectivity index (χ0n) is 20.1. The van der Waals surface area contributed by atoms with E-state index in [0.29, 0.717) is 25.7 Å². The van der Waals surface area contributed by atoms with Gasteiger partial charge in [0.1, 0.15) is 0 Å². The fraction of sp³-hybridized carbons (Fsp3) is 0.917. The van der Waals surface area contributed by atoms with E-state index in [2.05, 4.69) is 13.8 Å². The fourth-order valence-corrected chi connectivity index (χ4v) is 3.87. The minimum Gasteiger partial charge on any atom is -0.396 e. The van der Waals surface area contributed by atoms with Crippen LogP contribution in [0.25, 0.3) is 0 Å². The minimum absolute atomic E-state index is 0.0627. The molecule has 0 radical (unpaired) electrons. The number of rotatable bonds is 17. The highest BCUT2D eigenvalue weighted by molar-refractivity contribution is 5.73. The summed E-state index contributed by atoms with van der Waals surface area (Å²) in [5, 5.41) is 20.8. The number of aliphatic hydroxyl groups is 2. The molecule has 0 bridgehead atoms. The normalized spacial score (nSPS) is 17.2. The molecule has 0 amide bonds. The van der Waals surface area contributed by atoms with Crippen molar-refractivity contribution < 1.29 is 38.7 Å². The number of hydrogen-bond acceptors (Lipinski definition) is 8. The molecule has 0 aliphatic carbocycles. The summed E-state index contributed by atoms with van der Waals surface area (Å²) in [7, 11) is 0. The predicted octanol–water partition coefficient (Wildman–Crippen LogP) is 4.00. The second kappa shape index (κ2) is 16.4. The molecular weight excluding hydrogens is 416 g/mol. The van der Waals surface area contributed by atoms with Crippen LogP contribution in [0.2, 0.25) is 0 Å². The Morgan fingerprint density at radius 3 is 1.84 bits per heavy atom. The van der Waals surface area contributed by atoms with E-state index < -0.39 is 23.5 Å². The van der Waals surface area contributed by atoms with Crippen molar-refractivity contribution in [3.63, 3.8) is 0 Å². The van der Waals surface area contributed by atoms with Crippen molar-refractivity contribution in [1.82, 2.24) is 0 Å². The lowest BCUT2D eigenvalue weighted by Crippen LogP contribution is -2.61. The van der Waals surface area contributed by atoms with Crippen molar-refractivity contribution in [1.29, 1.82) is 0 Å². The van der Waals surface area contributed by atoms with E-state index in [1.54, 1.807) is 0 Å². The van der Waals surface area contributed by atoms with Gasteiger partial charge >= 0.3 is 17.9 Å². The molecule has 32 heavy (non-hydrogen) atoms. The molecule has 8 heteroatoms. The Hall–Kier alpha value is -1.22. The second-order valence-corrected chi connectivity index (χ2v) is 8.55. The predicted molar refractivity (Wildman–Crippen MR) is 120 cm³/mol. The maximum Gasteiger partial charge on any atom is 0.406 e. The van der Waals surface area contributed by atoms with Gasteiger partial charge in [0, 0.05) is 12.8 Å². The smallest absolute Gasteiger partial charge is 0.396 e. The Kier molecular flexibility index (Phi) is 14.8. The first-order chi connectivity index (χ1) is 15.4. The zero-order valence-corrected chi connectivity index (χ0v) is 20.1. The monoisotopic (exact) mass is 460 g/mol. The molecule has 188 valence electrons. The van der Waals surface area contributed by atoms with Crippen LogP contribution < -0.4 is 0 Å². The van der Waals surface area contributed by atoms with E-state index in [1.165, 1.54) is 0 Å². The summed E-state index contributed by atoms with van der Waals surface area (Å²) in [5.74, 6) is -3.32. The summed E-state index contributed by atoms with van der Waals surface area (Å²) < 4.78 is 22.5. The number of cyclic esters (lactones) is 2. The summed E-state index contributed by atoms with van der Waals surface area (Å²) in [6, 6.07) is 0. The van der Waals surface area contributed by atoms with Gasteiger partial charge in [0.25, 0.3) is 0 Å². The van der Waals surface area contributed by atoms with Crippen LogP contribution in [0.4, 0.5) is 0 Å². The number of hydrogen-bond donors (Lipinski definition) is 2. The van der Waals surface area contributed by atoms with Gasteiger partial charge in [-0.3, -0.25) is 9.59 Å². The summed E-state index contributed by atoms with van der Waals surface area (Å²) >= 11 is 0. The van der Waals surface area contributed by atoms with Crippen LogP contribution in [-0.4, -0.2) is 60.2 Å². The fourth-order valence-electron chi connectivity index (χ4n) is 3.87. The molecule has 2 N–H and O–H groups in total. The molecular formula is C24H44O8. The Morgan fingerprint density at radius 1 is 0.844 bits per heavy atom. The molecule has 1 heterocycles. The first kappa shape index (κ1) is 28.8. The van der Waals surface area contributed by atoms with Crippen LogP contribution in [0.5, 0.6) is 0 Å².